The molecule has 0 atom stereocenters. The van der Waals surface area contributed by atoms with Gasteiger partial charge in [-0.2, -0.15) is 4.48 Å². The van der Waals surface area contributed by atoms with Crippen molar-refractivity contribution >= 4 is 11.8 Å². The molecule has 0 aromatic carbocycles. The first-order valence-electron chi connectivity index (χ1n) is 3.96. The molecule has 0 bridgehead atoms. The molecule has 0 saturated carbocycles. The number of hydrogen-bond donors (Lipinski definition) is 0. The third-order valence-corrected chi connectivity index (χ3v) is 1.75. The van der Waals surface area contributed by atoms with E-state index in [-0.39, 0.29) is 28.7 Å². The van der Waals surface area contributed by atoms with Gasteiger partial charge < -0.3 is 12.4 Å². The number of nitrogens with zero attached hydrogens (tertiary/aromatic N) is 1. The van der Waals surface area contributed by atoms with Crippen LogP contribution in [0.2, 0.25) is 0 Å². The summed E-state index contributed by atoms with van der Waals surface area (Å²) in [5.74, 6) is -0.569. The number of carbonyl (C=O) groups is 2. The van der Waals surface area contributed by atoms with Gasteiger partial charge in [-0.3, -0.25) is 0 Å². The second-order valence-electron chi connectivity index (χ2n) is 3.62. The Morgan fingerprint density at radius 3 is 1.29 bits per heavy atom. The average molecular weight is 218 g/mol. The van der Waals surface area contributed by atoms with E-state index in [2.05, 4.69) is 13.2 Å². The van der Waals surface area contributed by atoms with E-state index in [0.717, 1.165) is 0 Å². The molecule has 0 aromatic heterocycles. The number of halogens is 1. The highest BCUT2D eigenvalue weighted by atomic mass is 35.5. The van der Waals surface area contributed by atoms with Crippen LogP contribution in [0.4, 0.5) is 0 Å². The lowest BCUT2D eigenvalue weighted by Gasteiger charge is -2.23. The minimum Gasteiger partial charge on any atom is -1.00 e. The summed E-state index contributed by atoms with van der Waals surface area (Å²) in [5.41, 5.74) is 0.749. The smallest absolute Gasteiger partial charge is 0.348 e. The van der Waals surface area contributed by atoms with E-state index in [9.17, 15) is 9.59 Å². The van der Waals surface area contributed by atoms with Crippen LogP contribution < -0.4 is 12.4 Å². The van der Waals surface area contributed by atoms with E-state index in [0.29, 0.717) is 11.1 Å². The van der Waals surface area contributed by atoms with E-state index < -0.39 is 0 Å². The molecule has 0 aliphatic rings. The van der Waals surface area contributed by atoms with Crippen LogP contribution in [0, 0.1) is 0 Å². The number of carbonyl (C=O) groups excluding carboxylic acids is 2. The second-order valence-corrected chi connectivity index (χ2v) is 3.62. The number of likely N-dealkylation sites (N-methyl/N-ethyl adjacent to an activating group) is 1. The van der Waals surface area contributed by atoms with E-state index in [4.69, 9.17) is 0 Å². The molecule has 4 heteroatoms. The minimum absolute atomic E-state index is 0. The molecule has 0 fully saturated rings. The Labute approximate surface area is 91.1 Å². The van der Waals surface area contributed by atoms with Gasteiger partial charge in [0.25, 0.3) is 0 Å². The predicted molar refractivity (Wildman–Crippen MR) is 51.8 cm³/mol. The van der Waals surface area contributed by atoms with Crippen molar-refractivity contribution < 1.29 is 26.5 Å². The molecule has 2 amide bonds. The number of quaternary nitrogens is 1. The zero-order valence-corrected chi connectivity index (χ0v) is 9.81. The second kappa shape index (κ2) is 5.08. The zero-order chi connectivity index (χ0) is 10.8. The number of hydrogen-bond acceptors (Lipinski definition) is 2. The molecule has 0 saturated heterocycles. The maximum Gasteiger partial charge on any atom is 0.348 e. The first-order chi connectivity index (χ1) is 5.71. The van der Waals surface area contributed by atoms with E-state index >= 15 is 0 Å². The van der Waals surface area contributed by atoms with Crippen molar-refractivity contribution in [1.82, 2.24) is 0 Å². The van der Waals surface area contributed by atoms with Crippen molar-refractivity contribution in [3.8, 4) is 0 Å². The number of imide groups is 1. The molecular weight excluding hydrogens is 202 g/mol. The van der Waals surface area contributed by atoms with Crippen LogP contribution in [0.25, 0.3) is 0 Å². The van der Waals surface area contributed by atoms with E-state index in [1.54, 1.807) is 13.8 Å². The van der Waals surface area contributed by atoms with Gasteiger partial charge in [0.2, 0.25) is 0 Å². The quantitative estimate of drug-likeness (QED) is 0.407. The van der Waals surface area contributed by atoms with Crippen LogP contribution in [0.15, 0.2) is 24.3 Å². The highest BCUT2D eigenvalue weighted by Crippen LogP contribution is 2.10. The molecule has 0 aliphatic heterocycles. The third-order valence-electron chi connectivity index (χ3n) is 1.75. The molecule has 0 rings (SSSR count). The summed E-state index contributed by atoms with van der Waals surface area (Å²) in [6, 6.07) is 0. The molecular formula is C10H16ClNO2. The lowest BCUT2D eigenvalue weighted by atomic mass is 10.2. The zero-order valence-electron chi connectivity index (χ0n) is 9.06. The molecule has 80 valence electrons. The van der Waals surface area contributed by atoms with Gasteiger partial charge in [0.1, 0.15) is 0 Å². The normalized spacial score (nSPS) is 10.0. The lowest BCUT2D eigenvalue weighted by molar-refractivity contribution is -0.730. The maximum atomic E-state index is 11.5. The molecule has 0 aliphatic carbocycles. The Hall–Kier alpha value is -0.930. The van der Waals surface area contributed by atoms with Crippen LogP contribution in [-0.4, -0.2) is 30.4 Å². The van der Waals surface area contributed by atoms with Gasteiger partial charge in [0, 0.05) is 11.1 Å². The fourth-order valence-electron chi connectivity index (χ4n) is 1.05. The van der Waals surface area contributed by atoms with Gasteiger partial charge >= 0.3 is 11.8 Å². The van der Waals surface area contributed by atoms with Gasteiger partial charge in [0.05, 0.1) is 14.1 Å². The van der Waals surface area contributed by atoms with Crippen LogP contribution in [-0.2, 0) is 9.59 Å². The van der Waals surface area contributed by atoms with Crippen molar-refractivity contribution in [2.24, 2.45) is 0 Å². The first-order valence-corrected chi connectivity index (χ1v) is 3.96. The Balaban J connectivity index is 0. The van der Waals surface area contributed by atoms with Gasteiger partial charge in [-0.25, -0.2) is 9.59 Å². The number of rotatable bonds is 2. The first kappa shape index (κ1) is 15.5. The minimum atomic E-state index is -0.343. The lowest BCUT2D eigenvalue weighted by Crippen LogP contribution is -3.00. The average Bonchev–Trinajstić information content (AvgIpc) is 2.01. The van der Waals surface area contributed by atoms with Crippen molar-refractivity contribution in [2.45, 2.75) is 13.8 Å². The fraction of sp³-hybridized carbons (Fsp3) is 0.400. The Kier molecular flexibility index (Phi) is 5.63. The molecule has 0 heterocycles. The highest BCUT2D eigenvalue weighted by molar-refractivity contribution is 5.99. The van der Waals surface area contributed by atoms with Crippen molar-refractivity contribution in [3.63, 3.8) is 0 Å². The molecule has 0 aromatic rings. The summed E-state index contributed by atoms with van der Waals surface area (Å²) in [6.45, 7) is 10.2. The molecule has 14 heavy (non-hydrogen) atoms. The monoisotopic (exact) mass is 217 g/mol. The fourth-order valence-corrected chi connectivity index (χ4v) is 1.05. The maximum absolute atomic E-state index is 11.5. The summed E-state index contributed by atoms with van der Waals surface area (Å²) in [4.78, 5) is 23.0. The van der Waals surface area contributed by atoms with Gasteiger partial charge in [0.15, 0.2) is 0 Å². The summed E-state index contributed by atoms with van der Waals surface area (Å²) in [5, 5.41) is 0. The van der Waals surface area contributed by atoms with Crippen LogP contribution in [0.5, 0.6) is 0 Å². The van der Waals surface area contributed by atoms with E-state index in [1.165, 1.54) is 14.1 Å². The summed E-state index contributed by atoms with van der Waals surface area (Å²) in [6.07, 6.45) is 0. The molecule has 3 nitrogen and oxygen atoms in total. The summed E-state index contributed by atoms with van der Waals surface area (Å²) in [7, 11) is 3.07. The van der Waals surface area contributed by atoms with Gasteiger partial charge in [-0.1, -0.05) is 13.2 Å². The topological polar surface area (TPSA) is 34.1 Å². The summed E-state index contributed by atoms with van der Waals surface area (Å²) >= 11 is 0. The van der Waals surface area contributed by atoms with Crippen molar-refractivity contribution in [3.05, 3.63) is 24.3 Å². The van der Waals surface area contributed by atoms with Crippen molar-refractivity contribution in [1.29, 1.82) is 0 Å². The Morgan fingerprint density at radius 2 is 1.14 bits per heavy atom. The standard InChI is InChI=1S/C10H16NO2.ClH/c1-7(2)9(12)11(5,6)10(13)8(3)4;/h1,3H2,2,4-6H3;1H/q+1;/p-1. The van der Waals surface area contributed by atoms with Crippen molar-refractivity contribution in [2.75, 3.05) is 14.1 Å². The Bertz CT molecular complexity index is 264. The van der Waals surface area contributed by atoms with Gasteiger partial charge in [-0.15, -0.1) is 0 Å². The number of amides is 2. The predicted octanol–water partition coefficient (Wildman–Crippen LogP) is -1.73. The molecule has 0 radical (unpaired) electrons. The largest absolute Gasteiger partial charge is 1.00 e. The summed E-state index contributed by atoms with van der Waals surface area (Å²) < 4.78 is -0.343. The van der Waals surface area contributed by atoms with Crippen LogP contribution in [0.3, 0.4) is 0 Å². The van der Waals surface area contributed by atoms with E-state index in [1.807, 2.05) is 0 Å². The van der Waals surface area contributed by atoms with Gasteiger partial charge in [-0.05, 0) is 13.8 Å². The van der Waals surface area contributed by atoms with Crippen LogP contribution in [0.1, 0.15) is 13.8 Å². The van der Waals surface area contributed by atoms with Crippen LogP contribution >= 0.6 is 0 Å². The SMILES string of the molecule is C=C(C)C(=O)[N+](C)(C)C(=O)C(=C)C.[Cl-]. The molecule has 0 unspecified atom stereocenters. The molecule has 0 spiro atoms. The molecule has 0 N–H and O–H groups in total. The third kappa shape index (κ3) is 3.09. The Morgan fingerprint density at radius 1 is 0.929 bits per heavy atom. The highest BCUT2D eigenvalue weighted by Gasteiger charge is 2.35.